The van der Waals surface area contributed by atoms with Gasteiger partial charge in [-0.25, -0.2) is 9.13 Å². The summed E-state index contributed by atoms with van der Waals surface area (Å²) in [7, 11) is -9.95. The van der Waals surface area contributed by atoms with Gasteiger partial charge in [-0.15, -0.1) is 0 Å². The molecule has 0 aliphatic rings. The normalized spacial score (nSPS) is 14.4. The number of esters is 4. The molecule has 0 fully saturated rings. The van der Waals surface area contributed by atoms with Gasteiger partial charge in [0.2, 0.25) is 0 Å². The van der Waals surface area contributed by atoms with Gasteiger partial charge in [-0.05, 0) is 96.3 Å². The van der Waals surface area contributed by atoms with Crippen LogP contribution in [-0.2, 0) is 65.4 Å². The van der Waals surface area contributed by atoms with E-state index in [0.29, 0.717) is 25.7 Å². The van der Waals surface area contributed by atoms with E-state index < -0.39 is 97.5 Å². The fraction of sp³-hybridized carbons (Fsp3) is 0.772. The third kappa shape index (κ3) is 70.7. The van der Waals surface area contributed by atoms with Crippen LogP contribution < -0.4 is 0 Å². The van der Waals surface area contributed by atoms with Gasteiger partial charge in [-0.2, -0.15) is 0 Å². The number of carbonyl (C=O) groups excluding carboxylic acids is 4. The summed E-state index contributed by atoms with van der Waals surface area (Å²) < 4.78 is 68.5. The number of rotatable bonds is 73. The van der Waals surface area contributed by atoms with Crippen LogP contribution in [0.15, 0.2) is 85.1 Å². The molecule has 98 heavy (non-hydrogen) atoms. The number of ether oxygens (including phenoxy) is 4. The second kappa shape index (κ2) is 71.6. The Labute approximate surface area is 595 Å². The van der Waals surface area contributed by atoms with Crippen molar-refractivity contribution < 1.29 is 80.2 Å². The van der Waals surface area contributed by atoms with E-state index in [-0.39, 0.29) is 25.7 Å². The van der Waals surface area contributed by atoms with Crippen LogP contribution in [0.25, 0.3) is 0 Å². The Morgan fingerprint density at radius 1 is 0.296 bits per heavy atom. The van der Waals surface area contributed by atoms with Gasteiger partial charge in [0.15, 0.2) is 12.2 Å². The third-order valence-corrected chi connectivity index (χ3v) is 18.3. The number of allylic oxidation sites excluding steroid dienone is 14. The molecular weight excluding hydrogens is 1280 g/mol. The van der Waals surface area contributed by atoms with Crippen molar-refractivity contribution in [3.8, 4) is 0 Å². The number of aliphatic hydroxyl groups is 1. The van der Waals surface area contributed by atoms with E-state index in [1.807, 2.05) is 0 Å². The Hall–Kier alpha value is -3.76. The number of phosphoric ester groups is 2. The zero-order valence-electron chi connectivity index (χ0n) is 62.0. The lowest BCUT2D eigenvalue weighted by Gasteiger charge is -2.21. The summed E-state index contributed by atoms with van der Waals surface area (Å²) in [5.41, 5.74) is 0. The highest BCUT2D eigenvalue weighted by atomic mass is 31.2. The number of phosphoric acid groups is 2. The summed E-state index contributed by atoms with van der Waals surface area (Å²) in [6, 6.07) is 0. The molecule has 0 saturated heterocycles. The summed E-state index contributed by atoms with van der Waals surface area (Å²) in [6.45, 7) is 4.68. The minimum Gasteiger partial charge on any atom is -0.462 e. The number of hydrogen-bond donors (Lipinski definition) is 3. The molecule has 0 aliphatic carbocycles. The van der Waals surface area contributed by atoms with Crippen LogP contribution in [0.2, 0.25) is 0 Å². The molecule has 0 heterocycles. The first-order chi connectivity index (χ1) is 47.7. The molecule has 3 N–H and O–H groups in total. The second-order valence-corrected chi connectivity index (χ2v) is 28.8. The molecule has 0 saturated carbocycles. The predicted molar refractivity (Wildman–Crippen MR) is 399 cm³/mol. The van der Waals surface area contributed by atoms with E-state index >= 15 is 0 Å². The van der Waals surface area contributed by atoms with E-state index in [1.165, 1.54) is 103 Å². The van der Waals surface area contributed by atoms with Gasteiger partial charge < -0.3 is 33.8 Å². The van der Waals surface area contributed by atoms with Gasteiger partial charge in [-0.1, -0.05) is 299 Å². The Morgan fingerprint density at radius 2 is 0.551 bits per heavy atom. The molecule has 0 aliphatic heterocycles. The van der Waals surface area contributed by atoms with Crippen molar-refractivity contribution in [2.45, 2.75) is 354 Å². The molecule has 0 bridgehead atoms. The van der Waals surface area contributed by atoms with Crippen molar-refractivity contribution in [1.82, 2.24) is 0 Å². The molecule has 0 aromatic rings. The molecule has 5 unspecified atom stereocenters. The zero-order valence-corrected chi connectivity index (χ0v) is 63.7. The van der Waals surface area contributed by atoms with Crippen molar-refractivity contribution in [3.05, 3.63) is 85.1 Å². The molecule has 0 rings (SSSR count). The Balaban J connectivity index is 5.34. The lowest BCUT2D eigenvalue weighted by molar-refractivity contribution is -0.161. The van der Waals surface area contributed by atoms with Crippen molar-refractivity contribution in [2.24, 2.45) is 0 Å². The van der Waals surface area contributed by atoms with Crippen LogP contribution in [-0.4, -0.2) is 96.7 Å². The van der Waals surface area contributed by atoms with Crippen molar-refractivity contribution in [1.29, 1.82) is 0 Å². The Kier molecular flexibility index (Phi) is 68.9. The van der Waals surface area contributed by atoms with Gasteiger partial charge in [0.05, 0.1) is 26.4 Å². The standard InChI is InChI=1S/C79H140O17P2/c1-5-9-13-17-21-25-29-33-34-35-36-37-38-42-44-48-52-56-60-64-77(82)90-70-75(96-79(84)66-62-58-54-50-46-41-32-28-24-20-16-12-8-4)72-94-98(87,88)92-68-73(80)67-91-97(85,86)93-71-74(95-78(83)65-61-57-53-49-45-40-31-27-23-19-15-11-7-3)69-89-76(81)63-59-55-51-47-43-39-30-26-22-18-14-10-6-2/h9,13-14,18,21,25-26,30,33-34,36-37,42,44,73-75,80H,5-8,10-12,15-17,19-20,22-24,27-29,31-32,35,38-41,43,45-72H2,1-4H3,(H,85,86)(H,87,88)/b13-9-,18-14-,25-21-,30-26-,34-33-,37-36-,44-42-. The average molecular weight is 1420 g/mol. The largest absolute Gasteiger partial charge is 0.472 e. The van der Waals surface area contributed by atoms with E-state index in [1.54, 1.807) is 0 Å². The highest BCUT2D eigenvalue weighted by Crippen LogP contribution is 2.45. The number of hydrogen-bond acceptors (Lipinski definition) is 15. The molecule has 19 heteroatoms. The minimum absolute atomic E-state index is 0.0912. The fourth-order valence-electron chi connectivity index (χ4n) is 10.5. The van der Waals surface area contributed by atoms with E-state index in [9.17, 15) is 43.2 Å². The van der Waals surface area contributed by atoms with E-state index in [0.717, 1.165) is 154 Å². The van der Waals surface area contributed by atoms with Crippen LogP contribution in [0.1, 0.15) is 336 Å². The van der Waals surface area contributed by atoms with Crippen LogP contribution >= 0.6 is 15.6 Å². The maximum atomic E-state index is 13.1. The van der Waals surface area contributed by atoms with Crippen LogP contribution in [0, 0.1) is 0 Å². The third-order valence-electron chi connectivity index (χ3n) is 16.4. The number of aliphatic hydroxyl groups excluding tert-OH is 1. The molecule has 0 spiro atoms. The van der Waals surface area contributed by atoms with Gasteiger partial charge in [0, 0.05) is 25.7 Å². The predicted octanol–water partition coefficient (Wildman–Crippen LogP) is 22.2. The molecule has 568 valence electrons. The first-order valence-corrected chi connectivity index (χ1v) is 41.8. The van der Waals surface area contributed by atoms with E-state index in [2.05, 4.69) is 113 Å². The maximum Gasteiger partial charge on any atom is 0.472 e. The summed E-state index contributed by atoms with van der Waals surface area (Å²) in [4.78, 5) is 72.8. The van der Waals surface area contributed by atoms with Gasteiger partial charge in [0.25, 0.3) is 0 Å². The molecular formula is C79H140O17P2. The van der Waals surface area contributed by atoms with E-state index in [4.69, 9.17) is 37.0 Å². The second-order valence-electron chi connectivity index (χ2n) is 25.9. The highest BCUT2D eigenvalue weighted by molar-refractivity contribution is 7.47. The number of carbonyl (C=O) groups is 4. The summed E-state index contributed by atoms with van der Waals surface area (Å²) in [5.74, 6) is -2.20. The van der Waals surface area contributed by atoms with Crippen LogP contribution in [0.3, 0.4) is 0 Å². The van der Waals surface area contributed by atoms with Gasteiger partial charge in [-0.3, -0.25) is 37.3 Å². The smallest absolute Gasteiger partial charge is 0.462 e. The van der Waals surface area contributed by atoms with Gasteiger partial charge in [0.1, 0.15) is 19.3 Å². The first-order valence-electron chi connectivity index (χ1n) is 38.8. The average Bonchev–Trinajstić information content (AvgIpc) is 0.966. The molecule has 5 atom stereocenters. The lowest BCUT2D eigenvalue weighted by Crippen LogP contribution is -2.30. The van der Waals surface area contributed by atoms with Gasteiger partial charge >= 0.3 is 39.5 Å². The lowest BCUT2D eigenvalue weighted by atomic mass is 10.0. The summed E-state index contributed by atoms with van der Waals surface area (Å²) in [6.07, 6.45) is 72.8. The maximum absolute atomic E-state index is 13.1. The summed E-state index contributed by atoms with van der Waals surface area (Å²) in [5, 5.41) is 10.6. The fourth-order valence-corrected chi connectivity index (χ4v) is 12.0. The zero-order chi connectivity index (χ0) is 71.8. The first kappa shape index (κ1) is 94.2. The minimum atomic E-state index is -4.98. The Bertz CT molecular complexity index is 2190. The SMILES string of the molecule is CC/C=C\C/C=C\C/C=C\C/C=C\C/C=C\CCCCCC(=O)OCC(COP(=O)(O)OCC(O)COP(=O)(O)OCC(COC(=O)CCCCCCC/C=C\C/C=C\CCC)OC(=O)CCCCCCCCCCCCCCC)OC(=O)CCCCCCCCCCCCCCC. The number of unbranched alkanes of at least 4 members (excludes halogenated alkanes) is 33. The molecule has 0 radical (unpaired) electrons. The molecule has 0 aromatic carbocycles. The summed E-state index contributed by atoms with van der Waals surface area (Å²) >= 11 is 0. The van der Waals surface area contributed by atoms with Crippen molar-refractivity contribution in [3.63, 3.8) is 0 Å². The molecule has 17 nitrogen and oxygen atoms in total. The van der Waals surface area contributed by atoms with Crippen molar-refractivity contribution >= 4 is 39.5 Å². The molecule has 0 amide bonds. The molecule has 0 aromatic heterocycles. The highest BCUT2D eigenvalue weighted by Gasteiger charge is 2.30. The Morgan fingerprint density at radius 3 is 0.867 bits per heavy atom. The quantitative estimate of drug-likeness (QED) is 0.0169. The topological polar surface area (TPSA) is 237 Å². The van der Waals surface area contributed by atoms with Crippen LogP contribution in [0.5, 0.6) is 0 Å². The monoisotopic (exact) mass is 1420 g/mol. The van der Waals surface area contributed by atoms with Crippen molar-refractivity contribution in [2.75, 3.05) is 39.6 Å². The van der Waals surface area contributed by atoms with Crippen LogP contribution in [0.4, 0.5) is 0 Å².